The van der Waals surface area contributed by atoms with Crippen LogP contribution in [0, 0.1) is 5.82 Å². The van der Waals surface area contributed by atoms with Gasteiger partial charge in [-0.2, -0.15) is 26.3 Å². The van der Waals surface area contributed by atoms with Crippen LogP contribution in [0.25, 0.3) is 0 Å². The summed E-state index contributed by atoms with van der Waals surface area (Å²) in [5.41, 5.74) is -6.35. The highest BCUT2D eigenvalue weighted by Crippen LogP contribution is 2.50. The van der Waals surface area contributed by atoms with Gasteiger partial charge in [-0.05, 0) is 23.3 Å². The third kappa shape index (κ3) is 3.46. The Morgan fingerprint density at radius 2 is 1.43 bits per heavy atom. The van der Waals surface area contributed by atoms with E-state index in [9.17, 15) is 40.9 Å². The molecule has 0 radical (unpaired) electrons. The van der Waals surface area contributed by atoms with E-state index >= 15 is 0 Å². The molecular weight excluding hydrogens is 419 g/mol. The molecule has 3 rings (SSSR count). The third-order valence-corrected chi connectivity index (χ3v) is 5.71. The summed E-state index contributed by atoms with van der Waals surface area (Å²) in [5, 5.41) is 22.7. The van der Waals surface area contributed by atoms with Gasteiger partial charge in [0.05, 0.1) is 6.61 Å². The fourth-order valence-electron chi connectivity index (χ4n) is 3.98. The number of rotatable bonds is 4. The van der Waals surface area contributed by atoms with E-state index in [-0.39, 0.29) is 13.2 Å². The molecule has 3 N–H and O–H groups in total. The van der Waals surface area contributed by atoms with Gasteiger partial charge in [-0.1, -0.05) is 36.4 Å². The van der Waals surface area contributed by atoms with Gasteiger partial charge in [-0.15, -0.1) is 0 Å². The molecule has 2 atom stereocenters. The average molecular weight is 437 g/mol. The Morgan fingerprint density at radius 3 is 1.90 bits per heavy atom. The van der Waals surface area contributed by atoms with Crippen molar-refractivity contribution in [1.82, 2.24) is 5.32 Å². The van der Waals surface area contributed by atoms with Crippen LogP contribution < -0.4 is 5.32 Å². The molecule has 2 aromatic rings. The Kier molecular flexibility index (Phi) is 5.63. The normalized spacial score (nSPS) is 23.0. The van der Waals surface area contributed by atoms with Gasteiger partial charge in [-0.3, -0.25) is 0 Å². The molecule has 0 saturated carbocycles. The summed E-state index contributed by atoms with van der Waals surface area (Å²) >= 11 is 0. The van der Waals surface area contributed by atoms with Gasteiger partial charge in [0.2, 0.25) is 0 Å². The summed E-state index contributed by atoms with van der Waals surface area (Å²) in [5.74, 6) is -0.996. The molecule has 1 saturated heterocycles. The highest BCUT2D eigenvalue weighted by molar-refractivity contribution is 5.39. The first kappa shape index (κ1) is 22.5. The maximum atomic E-state index is 13.3. The first-order valence-corrected chi connectivity index (χ1v) is 8.91. The van der Waals surface area contributed by atoms with E-state index in [1.807, 2.05) is 0 Å². The standard InChI is InChI=1S/C20H18F7NO2/c21-15-7-5-13(6-8-15)17(11-29)10-28-9-16(17)12-1-3-14(4-2-12)18(30,19(22,23)24)20(25,26)27/h1-8,16,28-30H,9-11H2/t16-,17-/m0/s1. The number of halogens is 7. The SMILES string of the molecule is OC[C@]1(c2ccc(F)cc2)CNC[C@H]1c1ccc(C(O)(C(F)(F)F)C(F)(F)F)cc1. The fraction of sp³-hybridized carbons (Fsp3) is 0.400. The quantitative estimate of drug-likeness (QED) is 0.639. The zero-order valence-corrected chi connectivity index (χ0v) is 15.4. The predicted octanol–water partition coefficient (Wildman–Crippen LogP) is 3.76. The van der Waals surface area contributed by atoms with Crippen LogP contribution >= 0.6 is 0 Å². The van der Waals surface area contributed by atoms with Crippen molar-refractivity contribution < 1.29 is 40.9 Å². The summed E-state index contributed by atoms with van der Waals surface area (Å²) in [6, 6.07) is 8.68. The highest BCUT2D eigenvalue weighted by Gasteiger charge is 2.71. The molecule has 0 amide bonds. The lowest BCUT2D eigenvalue weighted by molar-refractivity contribution is -0.376. The molecule has 1 aliphatic rings. The first-order chi connectivity index (χ1) is 13.9. The Hall–Kier alpha value is -2.17. The van der Waals surface area contributed by atoms with Crippen molar-refractivity contribution in [2.24, 2.45) is 0 Å². The average Bonchev–Trinajstić information content (AvgIpc) is 3.11. The van der Waals surface area contributed by atoms with Crippen LogP contribution in [-0.4, -0.2) is 42.3 Å². The number of hydrogen-bond acceptors (Lipinski definition) is 3. The van der Waals surface area contributed by atoms with E-state index in [1.165, 1.54) is 24.3 Å². The van der Waals surface area contributed by atoms with Crippen LogP contribution in [0.3, 0.4) is 0 Å². The monoisotopic (exact) mass is 437 g/mol. The molecule has 1 heterocycles. The molecule has 0 aliphatic carbocycles. The molecule has 3 nitrogen and oxygen atoms in total. The maximum absolute atomic E-state index is 13.3. The van der Waals surface area contributed by atoms with Crippen LogP contribution in [-0.2, 0) is 11.0 Å². The van der Waals surface area contributed by atoms with Gasteiger partial charge in [-0.25, -0.2) is 4.39 Å². The molecule has 30 heavy (non-hydrogen) atoms. The molecule has 0 spiro atoms. The zero-order valence-electron chi connectivity index (χ0n) is 15.4. The van der Waals surface area contributed by atoms with Crippen molar-refractivity contribution in [3.8, 4) is 0 Å². The van der Waals surface area contributed by atoms with E-state index in [1.54, 1.807) is 0 Å². The summed E-state index contributed by atoms with van der Waals surface area (Å²) in [4.78, 5) is 0. The Morgan fingerprint density at radius 1 is 0.900 bits per heavy atom. The summed E-state index contributed by atoms with van der Waals surface area (Å²) in [6.07, 6.45) is -11.9. The minimum atomic E-state index is -5.97. The minimum absolute atomic E-state index is 0.274. The van der Waals surface area contributed by atoms with Gasteiger partial charge in [0, 0.05) is 30.0 Å². The van der Waals surface area contributed by atoms with Gasteiger partial charge in [0.25, 0.3) is 5.60 Å². The number of aliphatic hydroxyl groups excluding tert-OH is 1. The summed E-state index contributed by atoms with van der Waals surface area (Å²) < 4.78 is 91.7. The third-order valence-electron chi connectivity index (χ3n) is 5.71. The van der Waals surface area contributed by atoms with Gasteiger partial charge >= 0.3 is 12.4 Å². The van der Waals surface area contributed by atoms with Crippen molar-refractivity contribution in [3.05, 3.63) is 71.0 Å². The van der Waals surface area contributed by atoms with Crippen LogP contribution in [0.1, 0.15) is 22.6 Å². The molecule has 0 unspecified atom stereocenters. The van der Waals surface area contributed by atoms with E-state index in [2.05, 4.69) is 5.32 Å². The largest absolute Gasteiger partial charge is 0.430 e. The summed E-state index contributed by atoms with van der Waals surface area (Å²) in [6.45, 7) is 0.184. The van der Waals surface area contributed by atoms with Crippen molar-refractivity contribution in [1.29, 1.82) is 0 Å². The Bertz CT molecular complexity index is 864. The molecule has 0 bridgehead atoms. The van der Waals surface area contributed by atoms with Crippen LogP contribution in [0.15, 0.2) is 48.5 Å². The first-order valence-electron chi connectivity index (χ1n) is 8.91. The van der Waals surface area contributed by atoms with E-state index in [0.717, 1.165) is 12.1 Å². The van der Waals surface area contributed by atoms with Crippen molar-refractivity contribution in [2.75, 3.05) is 19.7 Å². The molecule has 2 aromatic carbocycles. The smallest absolute Gasteiger partial charge is 0.395 e. The van der Waals surface area contributed by atoms with E-state index < -0.39 is 40.7 Å². The van der Waals surface area contributed by atoms with Crippen LogP contribution in [0.4, 0.5) is 30.7 Å². The minimum Gasteiger partial charge on any atom is -0.395 e. The van der Waals surface area contributed by atoms with Gasteiger partial charge in [0.15, 0.2) is 0 Å². The molecule has 10 heteroatoms. The molecule has 0 aromatic heterocycles. The van der Waals surface area contributed by atoms with Gasteiger partial charge < -0.3 is 15.5 Å². The zero-order chi connectivity index (χ0) is 22.4. The number of benzene rings is 2. The highest BCUT2D eigenvalue weighted by atomic mass is 19.4. The van der Waals surface area contributed by atoms with Crippen molar-refractivity contribution >= 4 is 0 Å². The number of hydrogen-bond donors (Lipinski definition) is 3. The maximum Gasteiger partial charge on any atom is 0.430 e. The Balaban J connectivity index is 2.02. The van der Waals surface area contributed by atoms with E-state index in [0.29, 0.717) is 29.8 Å². The molecular formula is C20H18F7NO2. The van der Waals surface area contributed by atoms with E-state index in [4.69, 9.17) is 0 Å². The molecule has 164 valence electrons. The summed E-state index contributed by atoms with van der Waals surface area (Å²) in [7, 11) is 0. The number of alkyl halides is 6. The molecule has 1 aliphatic heterocycles. The van der Waals surface area contributed by atoms with Crippen molar-refractivity contribution in [3.63, 3.8) is 0 Å². The second kappa shape index (κ2) is 7.51. The fourth-order valence-corrected chi connectivity index (χ4v) is 3.98. The Labute approximate surface area is 167 Å². The topological polar surface area (TPSA) is 52.5 Å². The van der Waals surface area contributed by atoms with Crippen molar-refractivity contribution in [2.45, 2.75) is 29.3 Å². The lowest BCUT2D eigenvalue weighted by atomic mass is 9.70. The number of aliphatic hydroxyl groups is 2. The second-order valence-corrected chi connectivity index (χ2v) is 7.33. The molecule has 1 fully saturated rings. The lowest BCUT2D eigenvalue weighted by Gasteiger charge is -2.35. The van der Waals surface area contributed by atoms with Crippen LogP contribution in [0.5, 0.6) is 0 Å². The predicted molar refractivity (Wildman–Crippen MR) is 93.2 cm³/mol. The van der Waals surface area contributed by atoms with Gasteiger partial charge in [0.1, 0.15) is 5.82 Å². The lowest BCUT2D eigenvalue weighted by Crippen LogP contribution is -2.53. The number of nitrogens with one attached hydrogen (secondary N) is 1. The van der Waals surface area contributed by atoms with Crippen LogP contribution in [0.2, 0.25) is 0 Å². The second-order valence-electron chi connectivity index (χ2n) is 7.33.